The summed E-state index contributed by atoms with van der Waals surface area (Å²) in [6.07, 6.45) is 0. The Bertz CT molecular complexity index is 274. The molecule has 0 unspecified atom stereocenters. The molecule has 0 atom stereocenters. The monoisotopic (exact) mass is 240 g/mol. The fraction of sp³-hybridized carbons (Fsp3) is 0.857. The second kappa shape index (κ2) is 3.77. The van der Waals surface area contributed by atoms with Crippen LogP contribution in [0.3, 0.4) is 0 Å². The molecule has 0 aromatic heterocycles. The molecule has 0 heterocycles. The van der Waals surface area contributed by atoms with Gasteiger partial charge in [-0.1, -0.05) is 0 Å². The predicted molar refractivity (Wildman–Crippen MR) is 55.6 cm³/mol. The second-order valence-corrected chi connectivity index (χ2v) is 11.2. The minimum atomic E-state index is -4.46. The summed E-state index contributed by atoms with van der Waals surface area (Å²) in [4.78, 5) is 29.3. The molecule has 0 aromatic rings. The average molecular weight is 240 g/mol. The van der Waals surface area contributed by atoms with E-state index in [0.29, 0.717) is 0 Å². The maximum Gasteiger partial charge on any atom is 0.342 e. The van der Waals surface area contributed by atoms with E-state index < -0.39 is 27.0 Å². The van der Waals surface area contributed by atoms with Gasteiger partial charge in [0.25, 0.3) is 0 Å². The van der Waals surface area contributed by atoms with Crippen molar-refractivity contribution in [2.75, 3.05) is 0 Å². The number of carbonyl (C=O) groups excluding carboxylic acids is 1. The van der Waals surface area contributed by atoms with Crippen molar-refractivity contribution in [3.8, 4) is 0 Å². The molecule has 0 radical (unpaired) electrons. The average Bonchev–Trinajstić information content (AvgIpc) is 1.80. The highest BCUT2D eigenvalue weighted by Crippen LogP contribution is 2.50. The summed E-state index contributed by atoms with van der Waals surface area (Å²) in [6.45, 7) is 7.72. The summed E-state index contributed by atoms with van der Waals surface area (Å²) in [5.41, 5.74) is 0. The highest BCUT2D eigenvalue weighted by Gasteiger charge is 2.47. The zero-order valence-corrected chi connectivity index (χ0v) is 11.0. The minimum absolute atomic E-state index is 0.829. The largest absolute Gasteiger partial charge is 0.519 e. The Balaban J connectivity index is 4.80. The van der Waals surface area contributed by atoms with E-state index in [1.165, 1.54) is 13.8 Å². The van der Waals surface area contributed by atoms with Crippen LogP contribution in [0.25, 0.3) is 0 Å². The van der Waals surface area contributed by atoms with Crippen molar-refractivity contribution in [3.63, 3.8) is 0 Å². The molecule has 0 rings (SSSR count). The van der Waals surface area contributed by atoms with Gasteiger partial charge >= 0.3 is 13.6 Å². The van der Waals surface area contributed by atoms with Crippen molar-refractivity contribution in [2.45, 2.75) is 38.6 Å². The first-order valence-corrected chi connectivity index (χ1v) is 9.19. The van der Waals surface area contributed by atoms with Gasteiger partial charge in [-0.3, -0.25) is 9.36 Å². The molecule has 7 heteroatoms. The Kier molecular flexibility index (Phi) is 3.73. The Morgan fingerprint density at radius 3 is 1.86 bits per heavy atom. The normalized spacial score (nSPS) is 13.9. The van der Waals surface area contributed by atoms with Crippen LogP contribution in [-0.2, 0) is 13.8 Å². The van der Waals surface area contributed by atoms with Crippen LogP contribution in [0.4, 0.5) is 0 Å². The molecular formula is C7H17O5PSi. The van der Waals surface area contributed by atoms with Crippen molar-refractivity contribution in [1.82, 2.24) is 0 Å². The first-order valence-electron chi connectivity index (χ1n) is 4.17. The Morgan fingerprint density at radius 1 is 1.29 bits per heavy atom. The summed E-state index contributed by atoms with van der Waals surface area (Å²) in [6, 6.07) is 0. The van der Waals surface area contributed by atoms with E-state index in [1.54, 1.807) is 19.6 Å². The van der Waals surface area contributed by atoms with Gasteiger partial charge < -0.3 is 14.2 Å². The van der Waals surface area contributed by atoms with Crippen LogP contribution in [0.15, 0.2) is 0 Å². The van der Waals surface area contributed by atoms with Gasteiger partial charge in [0, 0.05) is 0 Å². The molecule has 5 nitrogen and oxygen atoms in total. The summed E-state index contributed by atoms with van der Waals surface area (Å²) < 4.78 is 16.0. The molecular weight excluding hydrogens is 223 g/mol. The molecule has 0 aromatic carbocycles. The van der Waals surface area contributed by atoms with E-state index in [1.807, 2.05) is 0 Å². The highest BCUT2D eigenvalue weighted by atomic mass is 31.2. The van der Waals surface area contributed by atoms with E-state index >= 15 is 0 Å². The van der Waals surface area contributed by atoms with Gasteiger partial charge in [-0.05, 0) is 33.5 Å². The molecule has 0 saturated heterocycles. The number of hydrogen-bond donors (Lipinski definition) is 2. The molecule has 14 heavy (non-hydrogen) atoms. The first kappa shape index (κ1) is 13.8. The Morgan fingerprint density at radius 2 is 1.64 bits per heavy atom. The lowest BCUT2D eigenvalue weighted by Crippen LogP contribution is -2.40. The van der Waals surface area contributed by atoms with Gasteiger partial charge in [0.15, 0.2) is 5.16 Å². The molecule has 0 amide bonds. The van der Waals surface area contributed by atoms with Crippen molar-refractivity contribution < 1.29 is 23.6 Å². The van der Waals surface area contributed by atoms with Crippen molar-refractivity contribution in [1.29, 1.82) is 0 Å². The molecule has 0 aliphatic rings. The van der Waals surface area contributed by atoms with Gasteiger partial charge in [0.1, 0.15) is 0 Å². The van der Waals surface area contributed by atoms with Crippen LogP contribution >= 0.6 is 7.60 Å². The molecule has 0 aliphatic carbocycles. The van der Waals surface area contributed by atoms with E-state index in [9.17, 15) is 9.36 Å². The third-order valence-corrected chi connectivity index (χ3v) is 4.06. The van der Waals surface area contributed by atoms with Crippen LogP contribution in [0, 0.1) is 0 Å². The lowest BCUT2D eigenvalue weighted by molar-refractivity contribution is -0.137. The fourth-order valence-corrected chi connectivity index (χ4v) is 1.70. The Labute approximate surface area is 84.8 Å². The van der Waals surface area contributed by atoms with Gasteiger partial charge in [0.05, 0.1) is 0 Å². The van der Waals surface area contributed by atoms with Crippen LogP contribution < -0.4 is 0 Å². The standard InChI is InChI=1S/C7H17O5PSi/c1-7(2,13(9,10)11)6(8)12-14(3,4)5/h1-5H3,(H2,9,10,11). The lowest BCUT2D eigenvalue weighted by Gasteiger charge is -2.28. The maximum absolute atomic E-state index is 11.4. The van der Waals surface area contributed by atoms with Crippen LogP contribution in [0.5, 0.6) is 0 Å². The van der Waals surface area contributed by atoms with E-state index in [-0.39, 0.29) is 0 Å². The van der Waals surface area contributed by atoms with Gasteiger partial charge in [-0.2, -0.15) is 0 Å². The fourth-order valence-electron chi connectivity index (χ4n) is 0.522. The molecule has 84 valence electrons. The summed E-state index contributed by atoms with van der Waals surface area (Å²) >= 11 is 0. The summed E-state index contributed by atoms with van der Waals surface area (Å²) in [7, 11) is -6.56. The number of hydrogen-bond acceptors (Lipinski definition) is 3. The molecule has 0 aliphatic heterocycles. The minimum Gasteiger partial charge on any atom is -0.519 e. The molecule has 0 fully saturated rings. The van der Waals surface area contributed by atoms with Crippen LogP contribution in [-0.4, -0.2) is 29.2 Å². The van der Waals surface area contributed by atoms with Gasteiger partial charge in [0.2, 0.25) is 8.32 Å². The lowest BCUT2D eigenvalue weighted by atomic mass is 10.2. The summed E-state index contributed by atoms with van der Waals surface area (Å²) in [5, 5.41) is -1.76. The van der Waals surface area contributed by atoms with Gasteiger partial charge in [-0.25, -0.2) is 0 Å². The molecule has 2 N–H and O–H groups in total. The van der Waals surface area contributed by atoms with E-state index in [0.717, 1.165) is 0 Å². The topological polar surface area (TPSA) is 83.8 Å². The van der Waals surface area contributed by atoms with Crippen LogP contribution in [0.1, 0.15) is 13.8 Å². The zero-order valence-electron chi connectivity index (χ0n) is 9.07. The SMILES string of the molecule is CC(C)(C(=O)O[Si](C)(C)C)P(=O)(O)O. The van der Waals surface area contributed by atoms with Crippen LogP contribution in [0.2, 0.25) is 19.6 Å². The molecule has 0 spiro atoms. The van der Waals surface area contributed by atoms with Gasteiger partial charge in [-0.15, -0.1) is 0 Å². The smallest absolute Gasteiger partial charge is 0.342 e. The van der Waals surface area contributed by atoms with Crippen molar-refractivity contribution in [3.05, 3.63) is 0 Å². The Hall–Kier alpha value is -0.163. The zero-order chi connectivity index (χ0) is 11.8. The summed E-state index contributed by atoms with van der Waals surface area (Å²) in [5.74, 6) is -0.829. The molecule has 0 bridgehead atoms. The highest BCUT2D eigenvalue weighted by molar-refractivity contribution is 7.54. The number of carbonyl (C=O) groups is 1. The van der Waals surface area contributed by atoms with E-state index in [2.05, 4.69) is 0 Å². The number of rotatable bonds is 3. The van der Waals surface area contributed by atoms with Crippen molar-refractivity contribution >= 4 is 21.9 Å². The third-order valence-electron chi connectivity index (χ3n) is 1.63. The third kappa shape index (κ3) is 3.53. The maximum atomic E-state index is 11.4. The predicted octanol–water partition coefficient (Wildman–Crippen LogP) is 1.32. The first-order chi connectivity index (χ1) is 5.88. The second-order valence-electron chi connectivity index (χ2n) is 4.60. The van der Waals surface area contributed by atoms with Crippen molar-refractivity contribution in [2.24, 2.45) is 0 Å². The van der Waals surface area contributed by atoms with E-state index in [4.69, 9.17) is 14.2 Å². The quantitative estimate of drug-likeness (QED) is 0.574. The molecule has 0 saturated carbocycles.